The minimum atomic E-state index is -0.188. The minimum Gasteiger partial charge on any atom is -0.320 e. The maximum Gasteiger partial charge on any atom is 0.324 e. The lowest BCUT2D eigenvalue weighted by Crippen LogP contribution is -2.58. The summed E-state index contributed by atoms with van der Waals surface area (Å²) in [5.74, 6) is 0.333. The fourth-order valence-corrected chi connectivity index (χ4v) is 2.98. The van der Waals surface area contributed by atoms with E-state index in [4.69, 9.17) is 0 Å². The highest BCUT2D eigenvalue weighted by molar-refractivity contribution is 5.97. The molecule has 3 unspecified atom stereocenters. The highest BCUT2D eigenvalue weighted by atomic mass is 16.2. The van der Waals surface area contributed by atoms with Crippen molar-refractivity contribution in [1.82, 2.24) is 10.2 Å². The van der Waals surface area contributed by atoms with Crippen molar-refractivity contribution in [3.63, 3.8) is 0 Å². The lowest BCUT2D eigenvalue weighted by atomic mass is 9.94. The second-order valence-corrected chi connectivity index (χ2v) is 5.53. The van der Waals surface area contributed by atoms with Crippen LogP contribution in [0.2, 0.25) is 0 Å². The van der Waals surface area contributed by atoms with Crippen LogP contribution in [0.15, 0.2) is 0 Å². The summed E-state index contributed by atoms with van der Waals surface area (Å²) in [5, 5.41) is 2.47. The molecule has 0 aromatic rings. The van der Waals surface area contributed by atoms with E-state index in [0.29, 0.717) is 18.5 Å². The van der Waals surface area contributed by atoms with E-state index in [9.17, 15) is 9.59 Å². The monoisotopic (exact) mass is 238 g/mol. The summed E-state index contributed by atoms with van der Waals surface area (Å²) >= 11 is 0. The summed E-state index contributed by atoms with van der Waals surface area (Å²) in [6, 6.07) is 0.125. The van der Waals surface area contributed by atoms with Crippen LogP contribution < -0.4 is 5.32 Å². The molecule has 1 saturated carbocycles. The third-order valence-corrected chi connectivity index (χ3v) is 4.13. The topological polar surface area (TPSA) is 49.4 Å². The van der Waals surface area contributed by atoms with Crippen LogP contribution in [0.5, 0.6) is 0 Å². The van der Waals surface area contributed by atoms with E-state index in [1.54, 1.807) is 0 Å². The first kappa shape index (κ1) is 12.4. The van der Waals surface area contributed by atoms with Crippen molar-refractivity contribution in [3.8, 4) is 0 Å². The molecule has 4 heteroatoms. The third kappa shape index (κ3) is 2.61. The van der Waals surface area contributed by atoms with E-state index in [2.05, 4.69) is 12.2 Å². The van der Waals surface area contributed by atoms with Gasteiger partial charge in [0.05, 0.1) is 5.92 Å². The maximum atomic E-state index is 11.9. The number of rotatable bonds is 1. The lowest BCUT2D eigenvalue weighted by Gasteiger charge is -2.39. The lowest BCUT2D eigenvalue weighted by molar-refractivity contribution is -0.125. The molecule has 0 aromatic carbocycles. The van der Waals surface area contributed by atoms with Crippen LogP contribution in [0.3, 0.4) is 0 Å². The zero-order valence-corrected chi connectivity index (χ0v) is 10.7. The van der Waals surface area contributed by atoms with Gasteiger partial charge in [-0.05, 0) is 18.8 Å². The van der Waals surface area contributed by atoms with E-state index in [-0.39, 0.29) is 17.9 Å². The van der Waals surface area contributed by atoms with E-state index < -0.39 is 0 Å². The number of nitrogens with one attached hydrogen (secondary N) is 1. The molecular formula is C13H22N2O2. The van der Waals surface area contributed by atoms with Gasteiger partial charge >= 0.3 is 6.03 Å². The average Bonchev–Trinajstić information content (AvgIpc) is 2.49. The van der Waals surface area contributed by atoms with Gasteiger partial charge < -0.3 is 4.90 Å². The van der Waals surface area contributed by atoms with Crippen molar-refractivity contribution in [2.75, 3.05) is 6.54 Å². The second kappa shape index (κ2) is 5.07. The van der Waals surface area contributed by atoms with Crippen LogP contribution in [0.1, 0.15) is 46.0 Å². The first-order chi connectivity index (χ1) is 8.09. The predicted octanol–water partition coefficient (Wildman–Crippen LogP) is 2.14. The Morgan fingerprint density at radius 2 is 1.82 bits per heavy atom. The number of hydrogen-bond acceptors (Lipinski definition) is 2. The molecule has 1 heterocycles. The predicted molar refractivity (Wildman–Crippen MR) is 65.4 cm³/mol. The zero-order chi connectivity index (χ0) is 12.4. The highest BCUT2D eigenvalue weighted by Crippen LogP contribution is 2.28. The summed E-state index contributed by atoms with van der Waals surface area (Å²) in [6.45, 7) is 4.69. The summed E-state index contributed by atoms with van der Waals surface area (Å²) in [5.41, 5.74) is 0. The van der Waals surface area contributed by atoms with Gasteiger partial charge in [-0.3, -0.25) is 10.1 Å². The van der Waals surface area contributed by atoms with Crippen LogP contribution in [0, 0.1) is 11.8 Å². The molecule has 0 bridgehead atoms. The van der Waals surface area contributed by atoms with Crippen LogP contribution in [-0.2, 0) is 4.79 Å². The number of carbonyl (C=O) groups is 2. The molecule has 3 amide bonds. The molecule has 3 atom stereocenters. The smallest absolute Gasteiger partial charge is 0.320 e. The Bertz CT molecular complexity index is 317. The average molecular weight is 238 g/mol. The van der Waals surface area contributed by atoms with Crippen molar-refractivity contribution in [2.45, 2.75) is 52.0 Å². The molecule has 2 rings (SSSR count). The maximum absolute atomic E-state index is 11.9. The van der Waals surface area contributed by atoms with Gasteiger partial charge in [0.1, 0.15) is 0 Å². The zero-order valence-electron chi connectivity index (χ0n) is 10.7. The summed E-state index contributed by atoms with van der Waals surface area (Å²) in [6.07, 6.45) is 6.00. The van der Waals surface area contributed by atoms with Crippen LogP contribution in [0.25, 0.3) is 0 Å². The van der Waals surface area contributed by atoms with Crippen molar-refractivity contribution < 1.29 is 9.59 Å². The first-order valence-electron chi connectivity index (χ1n) is 6.71. The van der Waals surface area contributed by atoms with Crippen LogP contribution >= 0.6 is 0 Å². The number of imide groups is 1. The van der Waals surface area contributed by atoms with Gasteiger partial charge in [-0.1, -0.05) is 33.1 Å². The molecule has 4 nitrogen and oxygen atoms in total. The molecule has 1 N–H and O–H groups in total. The minimum absolute atomic E-state index is 0.0804. The molecule has 2 fully saturated rings. The van der Waals surface area contributed by atoms with Gasteiger partial charge in [-0.15, -0.1) is 0 Å². The summed E-state index contributed by atoms with van der Waals surface area (Å²) in [7, 11) is 0. The van der Waals surface area contributed by atoms with E-state index in [1.807, 2.05) is 11.8 Å². The van der Waals surface area contributed by atoms with Crippen molar-refractivity contribution >= 4 is 11.9 Å². The number of carbonyl (C=O) groups excluding carboxylic acids is 2. The van der Waals surface area contributed by atoms with Gasteiger partial charge in [0.15, 0.2) is 0 Å². The number of amides is 3. The van der Waals surface area contributed by atoms with Crippen molar-refractivity contribution in [3.05, 3.63) is 0 Å². The quantitative estimate of drug-likeness (QED) is 0.711. The molecule has 0 radical (unpaired) electrons. The Hall–Kier alpha value is -1.06. The second-order valence-electron chi connectivity index (χ2n) is 5.53. The molecule has 17 heavy (non-hydrogen) atoms. The Morgan fingerprint density at radius 3 is 2.59 bits per heavy atom. The molecule has 0 aromatic heterocycles. The Balaban J connectivity index is 2.09. The molecule has 0 spiro atoms. The Morgan fingerprint density at radius 1 is 1.12 bits per heavy atom. The largest absolute Gasteiger partial charge is 0.324 e. The Labute approximate surface area is 103 Å². The molecule has 1 aliphatic heterocycles. The fourth-order valence-electron chi connectivity index (χ4n) is 2.98. The molecule has 1 saturated heterocycles. The van der Waals surface area contributed by atoms with Gasteiger partial charge in [0.2, 0.25) is 5.91 Å². The highest BCUT2D eigenvalue weighted by Gasteiger charge is 2.36. The first-order valence-corrected chi connectivity index (χ1v) is 6.71. The number of urea groups is 1. The van der Waals surface area contributed by atoms with Gasteiger partial charge in [-0.25, -0.2) is 4.79 Å². The SMILES string of the molecule is CC1CN(C2CCCCCC2C)C(=O)NC1=O. The normalized spacial score (nSPS) is 35.4. The molecule has 1 aliphatic carbocycles. The van der Waals surface area contributed by atoms with E-state index in [1.165, 1.54) is 25.7 Å². The molecule has 96 valence electrons. The third-order valence-electron chi connectivity index (χ3n) is 4.13. The van der Waals surface area contributed by atoms with Crippen LogP contribution in [-0.4, -0.2) is 29.4 Å². The number of nitrogens with zero attached hydrogens (tertiary/aromatic N) is 1. The van der Waals surface area contributed by atoms with Gasteiger partial charge in [0.25, 0.3) is 0 Å². The Kier molecular flexibility index (Phi) is 3.69. The van der Waals surface area contributed by atoms with Crippen molar-refractivity contribution in [1.29, 1.82) is 0 Å². The molecule has 2 aliphatic rings. The van der Waals surface area contributed by atoms with Crippen LogP contribution in [0.4, 0.5) is 4.79 Å². The number of hydrogen-bond donors (Lipinski definition) is 1. The summed E-state index contributed by atoms with van der Waals surface area (Å²) < 4.78 is 0. The van der Waals surface area contributed by atoms with E-state index in [0.717, 1.165) is 6.42 Å². The van der Waals surface area contributed by atoms with E-state index >= 15 is 0 Å². The standard InChI is InChI=1S/C13H22N2O2/c1-9-6-4-3-5-7-11(9)15-8-10(2)12(16)14-13(15)17/h9-11H,3-8H2,1-2H3,(H,14,16,17). The van der Waals surface area contributed by atoms with Gasteiger partial charge in [0, 0.05) is 12.6 Å². The molecular weight excluding hydrogens is 216 g/mol. The van der Waals surface area contributed by atoms with Gasteiger partial charge in [-0.2, -0.15) is 0 Å². The summed E-state index contributed by atoms with van der Waals surface area (Å²) in [4.78, 5) is 25.2. The van der Waals surface area contributed by atoms with Crippen molar-refractivity contribution in [2.24, 2.45) is 11.8 Å². The fraction of sp³-hybridized carbons (Fsp3) is 0.846.